The molecule has 126 valence electrons. The maximum atomic E-state index is 12.2. The summed E-state index contributed by atoms with van der Waals surface area (Å²) in [7, 11) is 0. The van der Waals surface area contributed by atoms with Crippen molar-refractivity contribution in [2.45, 2.75) is 45.1 Å². The van der Waals surface area contributed by atoms with E-state index in [1.807, 2.05) is 18.2 Å². The number of nitrogens with one attached hydrogen (secondary N) is 1. The Balaban J connectivity index is 1.83. The van der Waals surface area contributed by atoms with Gasteiger partial charge < -0.3 is 15.3 Å². The van der Waals surface area contributed by atoms with Gasteiger partial charge in [0.05, 0.1) is 5.60 Å². The van der Waals surface area contributed by atoms with Gasteiger partial charge in [-0.05, 0) is 50.8 Å². The predicted octanol–water partition coefficient (Wildman–Crippen LogP) is 1.74. The number of amides is 2. The van der Waals surface area contributed by atoms with Crippen molar-refractivity contribution in [1.82, 2.24) is 10.2 Å². The molecule has 5 heteroatoms. The Morgan fingerprint density at radius 2 is 2.17 bits per heavy atom. The van der Waals surface area contributed by atoms with Crippen molar-refractivity contribution in [3.05, 3.63) is 35.4 Å². The molecule has 1 aliphatic heterocycles. The molecular formula is C18H26N2O3. The summed E-state index contributed by atoms with van der Waals surface area (Å²) in [5, 5.41) is 12.7. The van der Waals surface area contributed by atoms with Crippen LogP contribution in [-0.2, 0) is 11.2 Å². The van der Waals surface area contributed by atoms with Crippen LogP contribution in [0.2, 0.25) is 0 Å². The van der Waals surface area contributed by atoms with Gasteiger partial charge in [0.25, 0.3) is 5.91 Å². The third-order valence-electron chi connectivity index (χ3n) is 4.05. The largest absolute Gasteiger partial charge is 0.390 e. The van der Waals surface area contributed by atoms with Crippen molar-refractivity contribution in [2.75, 3.05) is 19.6 Å². The van der Waals surface area contributed by atoms with Gasteiger partial charge in [-0.25, -0.2) is 0 Å². The standard InChI is InChI=1S/C18H26N2O3/c1-18(2,23)9-8-14-5-3-6-15(13-14)17(22)19-10-12-20-11-4-7-16(20)21/h3,5-6,13,23H,4,7-12H2,1-2H3,(H,19,22). The van der Waals surface area contributed by atoms with E-state index >= 15 is 0 Å². The number of hydrogen-bond donors (Lipinski definition) is 2. The first-order valence-electron chi connectivity index (χ1n) is 8.22. The number of hydrogen-bond acceptors (Lipinski definition) is 3. The highest BCUT2D eigenvalue weighted by molar-refractivity contribution is 5.94. The van der Waals surface area contributed by atoms with Gasteiger partial charge >= 0.3 is 0 Å². The molecule has 0 unspecified atom stereocenters. The van der Waals surface area contributed by atoms with Crippen LogP contribution in [0.25, 0.3) is 0 Å². The van der Waals surface area contributed by atoms with Crippen molar-refractivity contribution in [3.63, 3.8) is 0 Å². The Labute approximate surface area is 137 Å². The lowest BCUT2D eigenvalue weighted by molar-refractivity contribution is -0.127. The lowest BCUT2D eigenvalue weighted by Gasteiger charge is -2.17. The van der Waals surface area contributed by atoms with Crippen molar-refractivity contribution in [1.29, 1.82) is 0 Å². The molecule has 0 bridgehead atoms. The number of carbonyl (C=O) groups is 2. The molecule has 0 radical (unpaired) electrons. The molecule has 1 aliphatic rings. The van der Waals surface area contributed by atoms with Gasteiger partial charge in [-0.15, -0.1) is 0 Å². The third-order valence-corrected chi connectivity index (χ3v) is 4.05. The fourth-order valence-electron chi connectivity index (χ4n) is 2.67. The highest BCUT2D eigenvalue weighted by Crippen LogP contribution is 2.14. The third kappa shape index (κ3) is 5.67. The zero-order valence-corrected chi connectivity index (χ0v) is 14.0. The van der Waals surface area contributed by atoms with Crippen LogP contribution in [0.5, 0.6) is 0 Å². The van der Waals surface area contributed by atoms with Gasteiger partial charge in [0.1, 0.15) is 0 Å². The molecule has 1 fully saturated rings. The molecule has 0 aliphatic carbocycles. The van der Waals surface area contributed by atoms with E-state index in [9.17, 15) is 14.7 Å². The van der Waals surface area contributed by atoms with Crippen molar-refractivity contribution < 1.29 is 14.7 Å². The highest BCUT2D eigenvalue weighted by Gasteiger charge is 2.19. The number of benzene rings is 1. The van der Waals surface area contributed by atoms with E-state index in [0.717, 1.165) is 24.9 Å². The zero-order chi connectivity index (χ0) is 16.9. The number of aliphatic hydroxyl groups is 1. The van der Waals surface area contributed by atoms with Crippen LogP contribution in [0, 0.1) is 0 Å². The van der Waals surface area contributed by atoms with Gasteiger partial charge in [-0.3, -0.25) is 9.59 Å². The van der Waals surface area contributed by atoms with Gasteiger partial charge in [-0.2, -0.15) is 0 Å². The van der Waals surface area contributed by atoms with Gasteiger partial charge in [0.2, 0.25) is 5.91 Å². The molecule has 0 atom stereocenters. The van der Waals surface area contributed by atoms with E-state index in [-0.39, 0.29) is 11.8 Å². The molecule has 0 saturated carbocycles. The maximum absolute atomic E-state index is 12.2. The summed E-state index contributed by atoms with van der Waals surface area (Å²) < 4.78 is 0. The minimum Gasteiger partial charge on any atom is -0.390 e. The quantitative estimate of drug-likeness (QED) is 0.804. The number of rotatable bonds is 7. The summed E-state index contributed by atoms with van der Waals surface area (Å²) in [5.74, 6) is 0.0506. The molecule has 23 heavy (non-hydrogen) atoms. The lowest BCUT2D eigenvalue weighted by Crippen LogP contribution is -2.35. The molecule has 2 N–H and O–H groups in total. The van der Waals surface area contributed by atoms with Crippen LogP contribution in [0.4, 0.5) is 0 Å². The second-order valence-corrected chi connectivity index (χ2v) is 6.75. The van der Waals surface area contributed by atoms with Crippen molar-refractivity contribution in [3.8, 4) is 0 Å². The first-order chi connectivity index (χ1) is 10.8. The molecule has 1 heterocycles. The zero-order valence-electron chi connectivity index (χ0n) is 14.0. The first-order valence-corrected chi connectivity index (χ1v) is 8.22. The van der Waals surface area contributed by atoms with E-state index < -0.39 is 5.60 Å². The molecular weight excluding hydrogens is 292 g/mol. The van der Waals surface area contributed by atoms with Crippen LogP contribution < -0.4 is 5.32 Å². The van der Waals surface area contributed by atoms with E-state index in [0.29, 0.717) is 31.5 Å². The molecule has 1 saturated heterocycles. The average molecular weight is 318 g/mol. The molecule has 2 rings (SSSR count). The smallest absolute Gasteiger partial charge is 0.251 e. The first kappa shape index (κ1) is 17.5. The summed E-state index contributed by atoms with van der Waals surface area (Å²) in [6.07, 6.45) is 2.91. The summed E-state index contributed by atoms with van der Waals surface area (Å²) >= 11 is 0. The highest BCUT2D eigenvalue weighted by atomic mass is 16.3. The minimum atomic E-state index is -0.708. The molecule has 0 aromatic heterocycles. The number of carbonyl (C=O) groups excluding carboxylic acids is 2. The fraction of sp³-hybridized carbons (Fsp3) is 0.556. The second-order valence-electron chi connectivity index (χ2n) is 6.75. The molecule has 1 aromatic rings. The van der Waals surface area contributed by atoms with Crippen molar-refractivity contribution >= 4 is 11.8 Å². The predicted molar refractivity (Wildman–Crippen MR) is 89.2 cm³/mol. The molecule has 2 amide bonds. The summed E-state index contributed by atoms with van der Waals surface area (Å²) in [5.41, 5.74) is 0.945. The molecule has 0 spiro atoms. The molecule has 1 aromatic carbocycles. The Morgan fingerprint density at radius 1 is 1.39 bits per heavy atom. The Kier molecular flexibility index (Phi) is 5.77. The topological polar surface area (TPSA) is 69.6 Å². The van der Waals surface area contributed by atoms with Crippen LogP contribution in [0.15, 0.2) is 24.3 Å². The average Bonchev–Trinajstić information content (AvgIpc) is 2.90. The van der Waals surface area contributed by atoms with E-state index in [1.165, 1.54) is 0 Å². The summed E-state index contributed by atoms with van der Waals surface area (Å²) in [6, 6.07) is 7.47. The number of aryl methyl sites for hydroxylation is 1. The minimum absolute atomic E-state index is 0.123. The Hall–Kier alpha value is -1.88. The van der Waals surface area contributed by atoms with Crippen molar-refractivity contribution in [2.24, 2.45) is 0 Å². The van der Waals surface area contributed by atoms with Crippen LogP contribution in [-0.4, -0.2) is 47.1 Å². The lowest BCUT2D eigenvalue weighted by atomic mass is 9.98. The Morgan fingerprint density at radius 3 is 2.83 bits per heavy atom. The van der Waals surface area contributed by atoms with Gasteiger partial charge in [0.15, 0.2) is 0 Å². The Bertz CT molecular complexity index is 564. The number of likely N-dealkylation sites (tertiary alicyclic amines) is 1. The van der Waals surface area contributed by atoms with Gasteiger partial charge in [-0.1, -0.05) is 12.1 Å². The fourth-order valence-corrected chi connectivity index (χ4v) is 2.67. The summed E-state index contributed by atoms with van der Waals surface area (Å²) in [6.45, 7) is 5.40. The monoisotopic (exact) mass is 318 g/mol. The van der Waals surface area contributed by atoms with E-state index in [1.54, 1.807) is 24.8 Å². The number of nitrogens with zero attached hydrogens (tertiary/aromatic N) is 1. The van der Waals surface area contributed by atoms with Gasteiger partial charge in [0, 0.05) is 31.6 Å². The van der Waals surface area contributed by atoms with Crippen LogP contribution in [0.3, 0.4) is 0 Å². The van der Waals surface area contributed by atoms with E-state index in [4.69, 9.17) is 0 Å². The van der Waals surface area contributed by atoms with Crippen LogP contribution in [0.1, 0.15) is 49.0 Å². The summed E-state index contributed by atoms with van der Waals surface area (Å²) in [4.78, 5) is 25.5. The van der Waals surface area contributed by atoms with E-state index in [2.05, 4.69) is 5.32 Å². The normalized spacial score (nSPS) is 15.1. The SMILES string of the molecule is CC(C)(O)CCc1cccc(C(=O)NCCN2CCCC2=O)c1. The molecule has 5 nitrogen and oxygen atoms in total. The second kappa shape index (κ2) is 7.59. The van der Waals surface area contributed by atoms with Crippen LogP contribution >= 0.6 is 0 Å². The maximum Gasteiger partial charge on any atom is 0.251 e.